The number of fused-ring (bicyclic) bond motifs is 1. The molecule has 9 nitrogen and oxygen atoms in total. The predicted molar refractivity (Wildman–Crippen MR) is 138 cm³/mol. The van der Waals surface area contributed by atoms with Gasteiger partial charge in [-0.25, -0.2) is 4.79 Å². The molecule has 4 rings (SSSR count). The van der Waals surface area contributed by atoms with Crippen LogP contribution in [0.15, 0.2) is 35.1 Å². The molecule has 1 aliphatic rings. The van der Waals surface area contributed by atoms with Gasteiger partial charge in [0.25, 0.3) is 11.2 Å². The number of likely N-dealkylation sites (tertiary alicyclic amines) is 1. The summed E-state index contributed by atoms with van der Waals surface area (Å²) < 4.78 is 7.64. The molecule has 1 atom stereocenters. The average Bonchev–Trinajstić information content (AvgIpc) is 2.81. The van der Waals surface area contributed by atoms with Crippen molar-refractivity contribution in [3.05, 3.63) is 66.9 Å². The van der Waals surface area contributed by atoms with Crippen molar-refractivity contribution in [2.24, 2.45) is 7.05 Å². The first-order valence-corrected chi connectivity index (χ1v) is 12.2. The number of hydrogen-bond donors (Lipinski definition) is 1. The van der Waals surface area contributed by atoms with Gasteiger partial charge in [-0.3, -0.25) is 14.9 Å². The molecule has 2 heterocycles. The third-order valence-electron chi connectivity index (χ3n) is 6.69. The topological polar surface area (TPSA) is 115 Å². The Morgan fingerprint density at radius 1 is 1.19 bits per heavy atom. The van der Waals surface area contributed by atoms with Crippen LogP contribution in [0.25, 0.3) is 22.0 Å². The molecule has 1 saturated heterocycles. The van der Waals surface area contributed by atoms with E-state index in [-0.39, 0.29) is 34.7 Å². The van der Waals surface area contributed by atoms with Crippen LogP contribution in [0.3, 0.4) is 0 Å². The maximum Gasteiger partial charge on any atom is 0.407 e. The molecule has 10 heteroatoms. The second-order valence-electron chi connectivity index (χ2n) is 9.29. The van der Waals surface area contributed by atoms with Gasteiger partial charge in [0.05, 0.1) is 22.6 Å². The number of nitro groups is 1. The van der Waals surface area contributed by atoms with E-state index >= 15 is 0 Å². The molecular weight excluding hydrogens is 486 g/mol. The van der Waals surface area contributed by atoms with E-state index in [2.05, 4.69) is 0 Å². The largest absolute Gasteiger partial charge is 0.492 e. The highest BCUT2D eigenvalue weighted by Gasteiger charge is 2.27. The second-order valence-corrected chi connectivity index (χ2v) is 9.69. The monoisotopic (exact) mass is 513 g/mol. The SMILES string of the molecule is Cc1cc(C)cc(-c2c(OCCC3CCCCN3C(=O)O)c3cc([N+](=O)[O-])c(Cl)cc3n(C)c2=O)c1. The Morgan fingerprint density at radius 2 is 1.89 bits per heavy atom. The van der Waals surface area contributed by atoms with Gasteiger partial charge in [-0.2, -0.15) is 0 Å². The lowest BCUT2D eigenvalue weighted by molar-refractivity contribution is -0.384. The number of piperidine rings is 1. The smallest absolute Gasteiger partial charge is 0.407 e. The number of aromatic nitrogens is 1. The summed E-state index contributed by atoms with van der Waals surface area (Å²) in [5.41, 5.74) is 2.66. The quantitative estimate of drug-likeness (QED) is 0.334. The van der Waals surface area contributed by atoms with Crippen LogP contribution in [0.1, 0.15) is 36.8 Å². The van der Waals surface area contributed by atoms with Gasteiger partial charge in [0, 0.05) is 37.5 Å². The number of aryl methyl sites for hydroxylation is 3. The van der Waals surface area contributed by atoms with Gasteiger partial charge in [-0.15, -0.1) is 0 Å². The minimum absolute atomic E-state index is 0.0769. The number of benzene rings is 2. The lowest BCUT2D eigenvalue weighted by Crippen LogP contribution is -2.43. The molecule has 0 saturated carbocycles. The minimum atomic E-state index is -0.958. The number of carbonyl (C=O) groups is 1. The lowest BCUT2D eigenvalue weighted by Gasteiger charge is -2.33. The van der Waals surface area contributed by atoms with E-state index in [0.29, 0.717) is 35.0 Å². The van der Waals surface area contributed by atoms with Crippen LogP contribution in [0.2, 0.25) is 5.02 Å². The molecule has 0 bridgehead atoms. The summed E-state index contributed by atoms with van der Waals surface area (Å²) in [5.74, 6) is 0.232. The van der Waals surface area contributed by atoms with Gasteiger partial charge in [0.15, 0.2) is 0 Å². The van der Waals surface area contributed by atoms with Crippen LogP contribution in [0.4, 0.5) is 10.5 Å². The highest BCUT2D eigenvalue weighted by atomic mass is 35.5. The molecule has 0 radical (unpaired) electrons. The normalized spacial score (nSPS) is 15.8. The van der Waals surface area contributed by atoms with Gasteiger partial charge >= 0.3 is 6.09 Å². The standard InChI is InChI=1S/C26H28ClN3O6/c1-15-10-16(2)12-17(11-15)23-24(36-9-7-18-6-4-5-8-29(18)26(32)33)19-13-22(30(34)35)20(27)14-21(19)28(3)25(23)31/h10-14,18H,4-9H2,1-3H3,(H,32,33). The number of carboxylic acid groups (broad SMARTS) is 1. The molecule has 1 unspecified atom stereocenters. The van der Waals surface area contributed by atoms with Gasteiger partial charge in [0.1, 0.15) is 10.8 Å². The maximum atomic E-state index is 13.6. The molecule has 1 aromatic heterocycles. The highest BCUT2D eigenvalue weighted by Crippen LogP contribution is 2.39. The van der Waals surface area contributed by atoms with E-state index in [1.807, 2.05) is 32.0 Å². The van der Waals surface area contributed by atoms with Crippen LogP contribution in [0, 0.1) is 24.0 Å². The van der Waals surface area contributed by atoms with Crippen molar-refractivity contribution >= 4 is 34.3 Å². The van der Waals surface area contributed by atoms with E-state index in [1.54, 1.807) is 7.05 Å². The minimum Gasteiger partial charge on any atom is -0.492 e. The third kappa shape index (κ3) is 4.88. The summed E-state index contributed by atoms with van der Waals surface area (Å²) in [6.45, 7) is 4.48. The summed E-state index contributed by atoms with van der Waals surface area (Å²) in [7, 11) is 1.59. The van der Waals surface area contributed by atoms with Crippen molar-refractivity contribution < 1.29 is 19.6 Å². The fourth-order valence-electron chi connectivity index (χ4n) is 5.03. The third-order valence-corrected chi connectivity index (χ3v) is 7.00. The molecule has 1 N–H and O–H groups in total. The Labute approximate surface area is 213 Å². The molecule has 3 aromatic rings. The number of ether oxygens (including phenoxy) is 1. The van der Waals surface area contributed by atoms with E-state index in [4.69, 9.17) is 16.3 Å². The van der Waals surface area contributed by atoms with Crippen molar-refractivity contribution in [3.8, 4) is 16.9 Å². The first kappa shape index (κ1) is 25.5. The highest BCUT2D eigenvalue weighted by molar-refractivity contribution is 6.33. The van der Waals surface area contributed by atoms with Gasteiger partial charge in [-0.05, 0) is 44.7 Å². The molecule has 1 amide bonds. The molecule has 1 aliphatic heterocycles. The van der Waals surface area contributed by atoms with Crippen LogP contribution >= 0.6 is 11.6 Å². The predicted octanol–water partition coefficient (Wildman–Crippen LogP) is 5.69. The van der Waals surface area contributed by atoms with E-state index < -0.39 is 11.0 Å². The van der Waals surface area contributed by atoms with Crippen LogP contribution in [-0.2, 0) is 7.05 Å². The first-order chi connectivity index (χ1) is 17.1. The number of hydrogen-bond acceptors (Lipinski definition) is 5. The van der Waals surface area contributed by atoms with Crippen molar-refractivity contribution in [2.45, 2.75) is 45.6 Å². The first-order valence-electron chi connectivity index (χ1n) is 11.8. The Hall–Kier alpha value is -3.59. The molecule has 0 spiro atoms. The Kier molecular flexibility index (Phi) is 7.21. The number of nitrogens with zero attached hydrogens (tertiary/aromatic N) is 3. The average molecular weight is 514 g/mol. The molecule has 1 fully saturated rings. The fourth-order valence-corrected chi connectivity index (χ4v) is 5.26. The molecule has 36 heavy (non-hydrogen) atoms. The lowest BCUT2D eigenvalue weighted by atomic mass is 9.98. The van der Waals surface area contributed by atoms with Gasteiger partial charge < -0.3 is 19.3 Å². The van der Waals surface area contributed by atoms with Gasteiger partial charge in [0.2, 0.25) is 0 Å². The second kappa shape index (κ2) is 10.2. The van der Waals surface area contributed by atoms with Crippen LogP contribution < -0.4 is 10.3 Å². The molecular formula is C26H28ClN3O6. The number of rotatable bonds is 6. The van der Waals surface area contributed by atoms with Crippen LogP contribution in [0.5, 0.6) is 5.75 Å². The zero-order valence-corrected chi connectivity index (χ0v) is 21.2. The summed E-state index contributed by atoms with van der Waals surface area (Å²) in [4.78, 5) is 37.7. The number of nitro benzene ring substituents is 1. The maximum absolute atomic E-state index is 13.6. The van der Waals surface area contributed by atoms with Crippen molar-refractivity contribution in [2.75, 3.05) is 13.2 Å². The number of pyridine rings is 1. The number of amides is 1. The summed E-state index contributed by atoms with van der Waals surface area (Å²) >= 11 is 6.17. The Bertz CT molecular complexity index is 1400. The zero-order valence-electron chi connectivity index (χ0n) is 20.4. The number of halogens is 1. The molecule has 2 aromatic carbocycles. The summed E-state index contributed by atoms with van der Waals surface area (Å²) in [5, 5.41) is 21.5. The Morgan fingerprint density at radius 3 is 2.53 bits per heavy atom. The van der Waals surface area contributed by atoms with Crippen molar-refractivity contribution in [1.29, 1.82) is 0 Å². The van der Waals surface area contributed by atoms with Gasteiger partial charge in [-0.1, -0.05) is 40.9 Å². The van der Waals surface area contributed by atoms with Crippen molar-refractivity contribution in [1.82, 2.24) is 9.47 Å². The zero-order chi connectivity index (χ0) is 26.1. The molecule has 0 aliphatic carbocycles. The fraction of sp³-hybridized carbons (Fsp3) is 0.385. The van der Waals surface area contributed by atoms with E-state index in [0.717, 1.165) is 30.4 Å². The van der Waals surface area contributed by atoms with Crippen molar-refractivity contribution in [3.63, 3.8) is 0 Å². The Balaban J connectivity index is 1.86. The van der Waals surface area contributed by atoms with Crippen LogP contribution in [-0.4, -0.2) is 44.8 Å². The molecule has 190 valence electrons. The van der Waals surface area contributed by atoms with E-state index in [9.17, 15) is 24.8 Å². The summed E-state index contributed by atoms with van der Waals surface area (Å²) in [6.07, 6.45) is 1.97. The van der Waals surface area contributed by atoms with E-state index in [1.165, 1.54) is 21.6 Å². The summed E-state index contributed by atoms with van der Waals surface area (Å²) in [6, 6.07) is 8.29.